The summed E-state index contributed by atoms with van der Waals surface area (Å²) in [5.41, 5.74) is 4.36. The average molecular weight is 327 g/mol. The summed E-state index contributed by atoms with van der Waals surface area (Å²) in [6, 6.07) is 11.4. The van der Waals surface area contributed by atoms with Crippen molar-refractivity contribution < 1.29 is 15.0 Å². The second-order valence-corrected chi connectivity index (χ2v) is 5.16. The number of amides is 1. The van der Waals surface area contributed by atoms with Gasteiger partial charge in [-0.1, -0.05) is 0 Å². The predicted octanol–water partition coefficient (Wildman–Crippen LogP) is 2.71. The van der Waals surface area contributed by atoms with Crippen LogP contribution in [-0.2, 0) is 0 Å². The Morgan fingerprint density at radius 2 is 1.79 bits per heavy atom. The molecule has 0 heterocycles. The maximum atomic E-state index is 12.1. The fourth-order valence-electron chi connectivity index (χ4n) is 2.28. The first-order chi connectivity index (χ1) is 11.5. The van der Waals surface area contributed by atoms with Crippen LogP contribution in [0.3, 0.4) is 0 Å². The number of nitrogens with one attached hydrogen (secondary N) is 1. The number of anilines is 1. The molecule has 1 amide bonds. The van der Waals surface area contributed by atoms with Gasteiger partial charge in [0.05, 0.1) is 6.21 Å². The lowest BCUT2D eigenvalue weighted by molar-refractivity contribution is 0.0955. The number of carbonyl (C=O) groups excluding carboxylic acids is 1. The molecule has 0 atom stereocenters. The number of hydrogen-bond donors (Lipinski definition) is 3. The third-order valence-electron chi connectivity index (χ3n) is 3.64. The summed E-state index contributed by atoms with van der Waals surface area (Å²) >= 11 is 0. The minimum Gasteiger partial charge on any atom is -0.508 e. The molecule has 0 aliphatic heterocycles. The van der Waals surface area contributed by atoms with E-state index in [-0.39, 0.29) is 17.4 Å². The second-order valence-electron chi connectivity index (χ2n) is 5.16. The summed E-state index contributed by atoms with van der Waals surface area (Å²) in [7, 11) is 0. The maximum Gasteiger partial charge on any atom is 0.271 e. The van der Waals surface area contributed by atoms with Gasteiger partial charge in [0.25, 0.3) is 5.91 Å². The maximum absolute atomic E-state index is 12.1. The SMILES string of the molecule is CCN(CC)c1ccc(C(=O)N/N=C/c2ccc(O)cc2O)cc1. The Morgan fingerprint density at radius 3 is 2.38 bits per heavy atom. The van der Waals surface area contributed by atoms with E-state index in [1.54, 1.807) is 12.1 Å². The van der Waals surface area contributed by atoms with Crippen molar-refractivity contribution in [2.75, 3.05) is 18.0 Å². The normalized spacial score (nSPS) is 10.8. The number of phenols is 2. The lowest BCUT2D eigenvalue weighted by atomic mass is 10.2. The first-order valence-electron chi connectivity index (χ1n) is 7.75. The van der Waals surface area contributed by atoms with Crippen LogP contribution >= 0.6 is 0 Å². The first kappa shape index (κ1) is 17.3. The number of phenolic OH excluding ortho intramolecular Hbond substituents is 2. The number of benzene rings is 2. The molecule has 24 heavy (non-hydrogen) atoms. The van der Waals surface area contributed by atoms with Crippen molar-refractivity contribution >= 4 is 17.8 Å². The van der Waals surface area contributed by atoms with E-state index in [4.69, 9.17) is 0 Å². The van der Waals surface area contributed by atoms with Crippen LogP contribution in [0.25, 0.3) is 0 Å². The van der Waals surface area contributed by atoms with E-state index < -0.39 is 0 Å². The van der Waals surface area contributed by atoms with E-state index in [2.05, 4.69) is 29.3 Å². The highest BCUT2D eigenvalue weighted by Crippen LogP contribution is 2.20. The minimum atomic E-state index is -0.337. The number of rotatable bonds is 6. The fourth-order valence-corrected chi connectivity index (χ4v) is 2.28. The molecule has 0 spiro atoms. The van der Waals surface area contributed by atoms with Crippen molar-refractivity contribution in [2.24, 2.45) is 5.10 Å². The molecule has 6 nitrogen and oxygen atoms in total. The Morgan fingerprint density at radius 1 is 1.12 bits per heavy atom. The molecule has 0 saturated carbocycles. The monoisotopic (exact) mass is 327 g/mol. The van der Waals surface area contributed by atoms with Crippen molar-refractivity contribution in [3.05, 3.63) is 53.6 Å². The second kappa shape index (κ2) is 8.01. The molecule has 126 valence electrons. The molecule has 0 aromatic heterocycles. The standard InChI is InChI=1S/C18H21N3O3/c1-3-21(4-2)15-8-5-13(6-9-15)18(24)20-19-12-14-7-10-16(22)11-17(14)23/h5-12,22-23H,3-4H2,1-2H3,(H,20,24)/b19-12+. The van der Waals surface area contributed by atoms with Gasteiger partial charge in [0, 0.05) is 36.0 Å². The molecule has 0 aliphatic carbocycles. The summed E-state index contributed by atoms with van der Waals surface area (Å²) < 4.78 is 0. The van der Waals surface area contributed by atoms with E-state index >= 15 is 0 Å². The number of aromatic hydroxyl groups is 2. The van der Waals surface area contributed by atoms with Gasteiger partial charge in [-0.15, -0.1) is 0 Å². The van der Waals surface area contributed by atoms with Crippen LogP contribution in [-0.4, -0.2) is 35.4 Å². The molecule has 0 aliphatic rings. The zero-order chi connectivity index (χ0) is 17.5. The van der Waals surface area contributed by atoms with Crippen molar-refractivity contribution in [1.29, 1.82) is 0 Å². The van der Waals surface area contributed by atoms with E-state index in [1.165, 1.54) is 24.4 Å². The number of hydrazone groups is 1. The van der Waals surface area contributed by atoms with Crippen LogP contribution in [0.2, 0.25) is 0 Å². The molecular formula is C18H21N3O3. The zero-order valence-corrected chi connectivity index (χ0v) is 13.7. The minimum absolute atomic E-state index is 0.0398. The Kier molecular flexibility index (Phi) is 5.78. The quantitative estimate of drug-likeness (QED) is 0.562. The molecule has 0 unspecified atom stereocenters. The van der Waals surface area contributed by atoms with Gasteiger partial charge in [-0.05, 0) is 50.2 Å². The smallest absolute Gasteiger partial charge is 0.271 e. The lowest BCUT2D eigenvalue weighted by Crippen LogP contribution is -2.22. The highest BCUT2D eigenvalue weighted by molar-refractivity contribution is 5.95. The predicted molar refractivity (Wildman–Crippen MR) is 94.8 cm³/mol. The van der Waals surface area contributed by atoms with Crippen molar-refractivity contribution in [2.45, 2.75) is 13.8 Å². The Hall–Kier alpha value is -3.02. The zero-order valence-electron chi connectivity index (χ0n) is 13.7. The molecule has 0 bridgehead atoms. The fraction of sp³-hybridized carbons (Fsp3) is 0.222. The van der Waals surface area contributed by atoms with Gasteiger partial charge < -0.3 is 15.1 Å². The third-order valence-corrected chi connectivity index (χ3v) is 3.64. The molecule has 0 radical (unpaired) electrons. The largest absolute Gasteiger partial charge is 0.508 e. The van der Waals surface area contributed by atoms with Crippen LogP contribution in [0.5, 0.6) is 11.5 Å². The van der Waals surface area contributed by atoms with Crippen LogP contribution in [0.1, 0.15) is 29.8 Å². The van der Waals surface area contributed by atoms with E-state index in [9.17, 15) is 15.0 Å². The number of hydrogen-bond acceptors (Lipinski definition) is 5. The van der Waals surface area contributed by atoms with Crippen molar-refractivity contribution in [3.63, 3.8) is 0 Å². The molecule has 0 fully saturated rings. The molecule has 2 rings (SSSR count). The topological polar surface area (TPSA) is 85.2 Å². The van der Waals surface area contributed by atoms with Gasteiger partial charge in [0.15, 0.2) is 0 Å². The Bertz CT molecular complexity index is 723. The van der Waals surface area contributed by atoms with Crippen molar-refractivity contribution in [1.82, 2.24) is 5.43 Å². The van der Waals surface area contributed by atoms with Gasteiger partial charge >= 0.3 is 0 Å². The Labute approximate surface area is 141 Å². The molecular weight excluding hydrogens is 306 g/mol. The molecule has 0 saturated heterocycles. The van der Waals surface area contributed by atoms with Crippen LogP contribution in [0, 0.1) is 0 Å². The molecule has 2 aromatic carbocycles. The molecule has 2 aromatic rings. The molecule has 6 heteroatoms. The van der Waals surface area contributed by atoms with Crippen molar-refractivity contribution in [3.8, 4) is 11.5 Å². The lowest BCUT2D eigenvalue weighted by Gasteiger charge is -2.20. The first-order valence-corrected chi connectivity index (χ1v) is 7.75. The number of nitrogens with zero attached hydrogens (tertiary/aromatic N) is 2. The average Bonchev–Trinajstić information content (AvgIpc) is 2.58. The van der Waals surface area contributed by atoms with E-state index in [1.807, 2.05) is 12.1 Å². The summed E-state index contributed by atoms with van der Waals surface area (Å²) in [5.74, 6) is -0.492. The summed E-state index contributed by atoms with van der Waals surface area (Å²) in [5, 5.41) is 22.7. The summed E-state index contributed by atoms with van der Waals surface area (Å²) in [6.45, 7) is 5.97. The molecule has 3 N–H and O–H groups in total. The van der Waals surface area contributed by atoms with Gasteiger partial charge in [-0.3, -0.25) is 4.79 Å². The van der Waals surface area contributed by atoms with Crippen LogP contribution in [0.4, 0.5) is 5.69 Å². The summed E-state index contributed by atoms with van der Waals surface area (Å²) in [4.78, 5) is 14.2. The van der Waals surface area contributed by atoms with E-state index in [0.29, 0.717) is 11.1 Å². The van der Waals surface area contributed by atoms with Crippen LogP contribution in [0.15, 0.2) is 47.6 Å². The van der Waals surface area contributed by atoms with E-state index in [0.717, 1.165) is 18.8 Å². The van der Waals surface area contributed by atoms with Gasteiger partial charge in [0.1, 0.15) is 11.5 Å². The van der Waals surface area contributed by atoms with Gasteiger partial charge in [-0.25, -0.2) is 5.43 Å². The highest BCUT2D eigenvalue weighted by atomic mass is 16.3. The van der Waals surface area contributed by atoms with Gasteiger partial charge in [0.2, 0.25) is 0 Å². The summed E-state index contributed by atoms with van der Waals surface area (Å²) in [6.07, 6.45) is 1.32. The number of carbonyl (C=O) groups is 1. The Balaban J connectivity index is 2.00. The van der Waals surface area contributed by atoms with Gasteiger partial charge in [-0.2, -0.15) is 5.10 Å². The van der Waals surface area contributed by atoms with Crippen LogP contribution < -0.4 is 10.3 Å². The third kappa shape index (κ3) is 4.25. The highest BCUT2D eigenvalue weighted by Gasteiger charge is 2.06.